The van der Waals surface area contributed by atoms with Gasteiger partial charge in [-0.1, -0.05) is 39.5 Å². The smallest absolute Gasteiger partial charge is 0.228 e. The Morgan fingerprint density at radius 2 is 1.78 bits per heavy atom. The summed E-state index contributed by atoms with van der Waals surface area (Å²) in [6.45, 7) is 4.67. The van der Waals surface area contributed by atoms with Gasteiger partial charge >= 0.3 is 0 Å². The quantitative estimate of drug-likeness (QED) is 0.622. The van der Waals surface area contributed by atoms with Gasteiger partial charge in [0.1, 0.15) is 0 Å². The second kappa shape index (κ2) is 11.2. The molecule has 130 valence electrons. The predicted molar refractivity (Wildman–Crippen MR) is 95.7 cm³/mol. The molecule has 5 nitrogen and oxygen atoms in total. The molecule has 1 aromatic rings. The van der Waals surface area contributed by atoms with Gasteiger partial charge in [-0.05, 0) is 12.8 Å². The van der Waals surface area contributed by atoms with Gasteiger partial charge in [-0.15, -0.1) is 11.3 Å². The fourth-order valence-corrected chi connectivity index (χ4v) is 2.95. The molecular formula is C17H29N3O2S. The molecule has 23 heavy (non-hydrogen) atoms. The lowest BCUT2D eigenvalue weighted by Gasteiger charge is -2.13. The van der Waals surface area contributed by atoms with Crippen LogP contribution >= 0.6 is 11.3 Å². The normalized spacial score (nSPS) is 10.6. The standard InChI is InChI=1S/C17H29N3O2S/c1-4-6-8-10-15(21)18-12-14-13-23-17(19-14)20(3)16(22)11-9-7-5-2/h13H,4-12H2,1-3H3,(H,18,21). The average molecular weight is 340 g/mol. The zero-order valence-corrected chi connectivity index (χ0v) is 15.4. The Morgan fingerprint density at radius 3 is 2.43 bits per heavy atom. The molecule has 0 saturated carbocycles. The van der Waals surface area contributed by atoms with Crippen LogP contribution in [0, 0.1) is 0 Å². The highest BCUT2D eigenvalue weighted by molar-refractivity contribution is 7.14. The summed E-state index contributed by atoms with van der Waals surface area (Å²) < 4.78 is 0. The van der Waals surface area contributed by atoms with Gasteiger partial charge in [-0.3, -0.25) is 14.5 Å². The SMILES string of the molecule is CCCCCC(=O)NCc1csc(N(C)C(=O)CCCCC)n1. The number of nitrogens with one attached hydrogen (secondary N) is 1. The number of rotatable bonds is 11. The van der Waals surface area contributed by atoms with Crippen LogP contribution < -0.4 is 10.2 Å². The van der Waals surface area contributed by atoms with E-state index in [2.05, 4.69) is 24.1 Å². The molecule has 0 unspecified atom stereocenters. The Bertz CT molecular complexity index is 488. The van der Waals surface area contributed by atoms with Crippen molar-refractivity contribution < 1.29 is 9.59 Å². The van der Waals surface area contributed by atoms with E-state index in [1.165, 1.54) is 11.3 Å². The Kier molecular flexibility index (Phi) is 9.52. The molecule has 0 saturated heterocycles. The Morgan fingerprint density at radius 1 is 1.13 bits per heavy atom. The van der Waals surface area contributed by atoms with Crippen molar-refractivity contribution in [1.82, 2.24) is 10.3 Å². The first kappa shape index (κ1) is 19.6. The van der Waals surface area contributed by atoms with Gasteiger partial charge in [0.2, 0.25) is 11.8 Å². The number of carbonyl (C=O) groups is 2. The van der Waals surface area contributed by atoms with Crippen LogP contribution in [0.25, 0.3) is 0 Å². The number of carbonyl (C=O) groups excluding carboxylic acids is 2. The third-order valence-corrected chi connectivity index (χ3v) is 4.63. The molecule has 1 N–H and O–H groups in total. The van der Waals surface area contributed by atoms with Crippen molar-refractivity contribution in [2.24, 2.45) is 0 Å². The Balaban J connectivity index is 2.38. The zero-order valence-electron chi connectivity index (χ0n) is 14.6. The fraction of sp³-hybridized carbons (Fsp3) is 0.706. The van der Waals surface area contributed by atoms with Gasteiger partial charge in [-0.25, -0.2) is 4.98 Å². The lowest BCUT2D eigenvalue weighted by Crippen LogP contribution is -2.26. The summed E-state index contributed by atoms with van der Waals surface area (Å²) in [4.78, 5) is 29.8. The molecule has 1 aromatic heterocycles. The van der Waals surface area contributed by atoms with Crippen LogP contribution in [0.4, 0.5) is 5.13 Å². The van der Waals surface area contributed by atoms with E-state index in [0.717, 1.165) is 44.2 Å². The molecule has 0 spiro atoms. The Hall–Kier alpha value is -1.43. The maximum absolute atomic E-state index is 12.1. The summed E-state index contributed by atoms with van der Waals surface area (Å²) >= 11 is 1.44. The highest BCUT2D eigenvalue weighted by Gasteiger charge is 2.14. The summed E-state index contributed by atoms with van der Waals surface area (Å²) in [5.74, 6) is 0.167. The second-order valence-corrected chi connectivity index (χ2v) is 6.60. The minimum Gasteiger partial charge on any atom is -0.350 e. The highest BCUT2D eigenvalue weighted by atomic mass is 32.1. The summed E-state index contributed by atoms with van der Waals surface area (Å²) in [5, 5.41) is 5.48. The number of thiazole rings is 1. The number of aromatic nitrogens is 1. The van der Waals surface area contributed by atoms with E-state index in [4.69, 9.17) is 0 Å². The largest absolute Gasteiger partial charge is 0.350 e. The van der Waals surface area contributed by atoms with Crippen molar-refractivity contribution in [3.8, 4) is 0 Å². The third-order valence-electron chi connectivity index (χ3n) is 3.67. The molecule has 0 fully saturated rings. The second-order valence-electron chi connectivity index (χ2n) is 5.77. The van der Waals surface area contributed by atoms with Gasteiger partial charge < -0.3 is 5.32 Å². The van der Waals surface area contributed by atoms with Crippen LogP contribution in [0.5, 0.6) is 0 Å². The molecule has 1 heterocycles. The molecular weight excluding hydrogens is 310 g/mol. The number of nitrogens with zero attached hydrogens (tertiary/aromatic N) is 2. The van der Waals surface area contributed by atoms with Gasteiger partial charge in [0.15, 0.2) is 5.13 Å². The van der Waals surface area contributed by atoms with Crippen molar-refractivity contribution >= 4 is 28.3 Å². The van der Waals surface area contributed by atoms with E-state index in [1.807, 2.05) is 5.38 Å². The van der Waals surface area contributed by atoms with Gasteiger partial charge in [-0.2, -0.15) is 0 Å². The molecule has 1 rings (SSSR count). The van der Waals surface area contributed by atoms with E-state index >= 15 is 0 Å². The molecule has 0 atom stereocenters. The molecule has 0 aliphatic carbocycles. The van der Waals surface area contributed by atoms with E-state index in [-0.39, 0.29) is 11.8 Å². The van der Waals surface area contributed by atoms with Crippen molar-refractivity contribution in [3.63, 3.8) is 0 Å². The van der Waals surface area contributed by atoms with E-state index in [1.54, 1.807) is 11.9 Å². The first-order valence-corrected chi connectivity index (χ1v) is 9.44. The molecule has 6 heteroatoms. The number of amides is 2. The van der Waals surface area contributed by atoms with Crippen molar-refractivity contribution in [2.75, 3.05) is 11.9 Å². The van der Waals surface area contributed by atoms with E-state index in [9.17, 15) is 9.59 Å². The van der Waals surface area contributed by atoms with Crippen LogP contribution in [0.2, 0.25) is 0 Å². The first-order chi connectivity index (χ1) is 11.1. The lowest BCUT2D eigenvalue weighted by molar-refractivity contribution is -0.121. The molecule has 0 aliphatic rings. The summed E-state index contributed by atoms with van der Waals surface area (Å²) in [5.41, 5.74) is 0.807. The molecule has 0 aromatic carbocycles. The number of unbranched alkanes of at least 4 members (excludes halogenated alkanes) is 4. The average Bonchev–Trinajstić information content (AvgIpc) is 3.01. The minimum absolute atomic E-state index is 0.0667. The van der Waals surface area contributed by atoms with Crippen molar-refractivity contribution in [2.45, 2.75) is 71.8 Å². The van der Waals surface area contributed by atoms with Crippen LogP contribution in [-0.2, 0) is 16.1 Å². The first-order valence-electron chi connectivity index (χ1n) is 8.56. The summed E-state index contributed by atoms with van der Waals surface area (Å²) in [6.07, 6.45) is 7.36. The van der Waals surface area contributed by atoms with Gasteiger partial charge in [0.25, 0.3) is 0 Å². The van der Waals surface area contributed by atoms with Gasteiger partial charge in [0, 0.05) is 25.3 Å². The molecule has 0 radical (unpaired) electrons. The maximum atomic E-state index is 12.1. The fourth-order valence-electron chi connectivity index (χ4n) is 2.15. The molecule has 0 bridgehead atoms. The third kappa shape index (κ3) is 7.59. The van der Waals surface area contributed by atoms with Gasteiger partial charge in [0.05, 0.1) is 12.2 Å². The number of hydrogen-bond donors (Lipinski definition) is 1. The summed E-state index contributed by atoms with van der Waals surface area (Å²) in [7, 11) is 1.76. The van der Waals surface area contributed by atoms with Crippen LogP contribution in [0.3, 0.4) is 0 Å². The van der Waals surface area contributed by atoms with Crippen molar-refractivity contribution in [1.29, 1.82) is 0 Å². The molecule has 0 aliphatic heterocycles. The Labute approximate surface area is 143 Å². The topological polar surface area (TPSA) is 62.3 Å². The van der Waals surface area contributed by atoms with Crippen LogP contribution in [-0.4, -0.2) is 23.8 Å². The van der Waals surface area contributed by atoms with Crippen LogP contribution in [0.15, 0.2) is 5.38 Å². The van der Waals surface area contributed by atoms with E-state index in [0.29, 0.717) is 24.5 Å². The molecule has 2 amide bonds. The monoisotopic (exact) mass is 339 g/mol. The maximum Gasteiger partial charge on any atom is 0.228 e. The van der Waals surface area contributed by atoms with Crippen molar-refractivity contribution in [3.05, 3.63) is 11.1 Å². The zero-order chi connectivity index (χ0) is 17.1. The number of anilines is 1. The minimum atomic E-state index is 0.0667. The lowest BCUT2D eigenvalue weighted by atomic mass is 10.2. The van der Waals surface area contributed by atoms with E-state index < -0.39 is 0 Å². The number of hydrogen-bond acceptors (Lipinski definition) is 4. The highest BCUT2D eigenvalue weighted by Crippen LogP contribution is 2.20. The summed E-state index contributed by atoms with van der Waals surface area (Å²) in [6, 6.07) is 0. The predicted octanol–water partition coefficient (Wildman–Crippen LogP) is 3.88. The van der Waals surface area contributed by atoms with Crippen LogP contribution in [0.1, 0.15) is 70.9 Å².